The molecule has 6 nitrogen and oxygen atoms in total. The van der Waals surface area contributed by atoms with Gasteiger partial charge in [0.1, 0.15) is 17.0 Å². The molecule has 1 fully saturated rings. The second kappa shape index (κ2) is 8.19. The summed E-state index contributed by atoms with van der Waals surface area (Å²) in [7, 11) is 0. The Balaban J connectivity index is 0.000000230. The Labute approximate surface area is 186 Å². The van der Waals surface area contributed by atoms with Crippen LogP contribution in [0.2, 0.25) is 0 Å². The van der Waals surface area contributed by atoms with Crippen LogP contribution in [0, 0.1) is 10.8 Å². The van der Waals surface area contributed by atoms with Crippen molar-refractivity contribution < 1.29 is 19.5 Å². The number of pyridine rings is 1. The predicted octanol–water partition coefficient (Wildman–Crippen LogP) is 4.53. The lowest BCUT2D eigenvalue weighted by Crippen LogP contribution is -2.54. The summed E-state index contributed by atoms with van der Waals surface area (Å²) in [5.41, 5.74) is 1.30. The maximum Gasteiger partial charge on any atom is 0.337 e. The normalized spacial score (nSPS) is 18.3. The quantitative estimate of drug-likeness (QED) is 0.551. The first-order valence-corrected chi connectivity index (χ1v) is 10.7. The van der Waals surface area contributed by atoms with Gasteiger partial charge in [-0.3, -0.25) is 14.6 Å². The van der Waals surface area contributed by atoms with Gasteiger partial charge >= 0.3 is 5.97 Å². The summed E-state index contributed by atoms with van der Waals surface area (Å²) in [5, 5.41) is 14.0. The SMILES string of the molecule is CC1(C)CC(=O)C2(CNc3ccc4ccccc4c3C2)C(=O)C1.O=C(O)c1cccnc1. The van der Waals surface area contributed by atoms with Crippen molar-refractivity contribution in [3.8, 4) is 0 Å². The van der Waals surface area contributed by atoms with Crippen LogP contribution in [-0.2, 0) is 16.0 Å². The van der Waals surface area contributed by atoms with Gasteiger partial charge in [-0.05, 0) is 46.4 Å². The number of Topliss-reactive ketones (excluding diaryl/α,β-unsaturated/α-hetero) is 2. The fraction of sp³-hybridized carbons (Fsp3) is 0.308. The Morgan fingerprint density at radius 2 is 1.69 bits per heavy atom. The van der Waals surface area contributed by atoms with E-state index in [2.05, 4.69) is 34.6 Å². The van der Waals surface area contributed by atoms with Gasteiger partial charge in [0.15, 0.2) is 0 Å². The van der Waals surface area contributed by atoms with Crippen LogP contribution in [0.15, 0.2) is 60.9 Å². The van der Waals surface area contributed by atoms with Gasteiger partial charge in [-0.1, -0.05) is 44.2 Å². The number of nitrogens with zero attached hydrogens (tertiary/aromatic N) is 1. The van der Waals surface area contributed by atoms with Crippen molar-refractivity contribution >= 4 is 34.0 Å². The monoisotopic (exact) mass is 430 g/mol. The summed E-state index contributed by atoms with van der Waals surface area (Å²) < 4.78 is 0. The number of benzene rings is 2. The smallest absolute Gasteiger partial charge is 0.337 e. The number of rotatable bonds is 1. The molecule has 2 N–H and O–H groups in total. The number of carboxylic acids is 1. The highest BCUT2D eigenvalue weighted by atomic mass is 16.4. The van der Waals surface area contributed by atoms with Crippen LogP contribution in [0.3, 0.4) is 0 Å². The average molecular weight is 431 g/mol. The molecule has 1 aliphatic heterocycles. The number of carbonyl (C=O) groups excluding carboxylic acids is 2. The van der Waals surface area contributed by atoms with E-state index in [-0.39, 0.29) is 22.5 Å². The third kappa shape index (κ3) is 4.00. The molecule has 32 heavy (non-hydrogen) atoms. The highest BCUT2D eigenvalue weighted by molar-refractivity contribution is 6.11. The number of aromatic carboxylic acids is 1. The minimum atomic E-state index is -0.942. The van der Waals surface area contributed by atoms with Gasteiger partial charge < -0.3 is 10.4 Å². The van der Waals surface area contributed by atoms with Crippen molar-refractivity contribution in [2.75, 3.05) is 11.9 Å². The second-order valence-electron chi connectivity index (χ2n) is 9.34. The third-order valence-electron chi connectivity index (χ3n) is 6.35. The molecular formula is C26H26N2O4. The molecule has 5 rings (SSSR count). The molecule has 1 saturated carbocycles. The molecule has 1 aliphatic carbocycles. The van der Waals surface area contributed by atoms with E-state index in [0.29, 0.717) is 25.8 Å². The van der Waals surface area contributed by atoms with E-state index in [1.807, 2.05) is 26.0 Å². The molecule has 6 heteroatoms. The van der Waals surface area contributed by atoms with E-state index in [1.54, 1.807) is 6.07 Å². The number of aromatic nitrogens is 1. The van der Waals surface area contributed by atoms with Crippen LogP contribution in [0.1, 0.15) is 42.6 Å². The molecule has 0 amide bonds. The van der Waals surface area contributed by atoms with Gasteiger partial charge in [-0.15, -0.1) is 0 Å². The van der Waals surface area contributed by atoms with Gasteiger partial charge in [-0.25, -0.2) is 4.79 Å². The van der Waals surface area contributed by atoms with Gasteiger partial charge in [-0.2, -0.15) is 0 Å². The summed E-state index contributed by atoms with van der Waals surface area (Å²) in [6.45, 7) is 4.45. The Morgan fingerprint density at radius 3 is 2.31 bits per heavy atom. The summed E-state index contributed by atoms with van der Waals surface area (Å²) in [5.74, 6) is -0.738. The Morgan fingerprint density at radius 1 is 0.969 bits per heavy atom. The fourth-order valence-electron chi connectivity index (χ4n) is 4.61. The molecule has 0 radical (unpaired) electrons. The number of hydrogen-bond acceptors (Lipinski definition) is 5. The molecule has 0 unspecified atom stereocenters. The summed E-state index contributed by atoms with van der Waals surface area (Å²) in [6.07, 6.45) is 4.35. The number of nitrogens with one attached hydrogen (secondary N) is 1. The van der Waals surface area contributed by atoms with Crippen molar-refractivity contribution in [2.45, 2.75) is 33.1 Å². The van der Waals surface area contributed by atoms with Crippen molar-refractivity contribution in [1.82, 2.24) is 4.98 Å². The molecule has 2 aliphatic rings. The predicted molar refractivity (Wildman–Crippen MR) is 123 cm³/mol. The van der Waals surface area contributed by atoms with Gasteiger partial charge in [0.25, 0.3) is 0 Å². The first kappa shape index (κ1) is 21.7. The highest BCUT2D eigenvalue weighted by Crippen LogP contribution is 2.46. The van der Waals surface area contributed by atoms with Crippen LogP contribution in [-0.4, -0.2) is 34.2 Å². The zero-order valence-corrected chi connectivity index (χ0v) is 18.2. The minimum Gasteiger partial charge on any atom is -0.478 e. The van der Waals surface area contributed by atoms with E-state index in [1.165, 1.54) is 18.5 Å². The summed E-state index contributed by atoms with van der Waals surface area (Å²) in [6, 6.07) is 15.4. The van der Waals surface area contributed by atoms with Gasteiger partial charge in [0, 0.05) is 37.5 Å². The van der Waals surface area contributed by atoms with Crippen molar-refractivity contribution in [1.29, 1.82) is 0 Å². The Bertz CT molecular complexity index is 1180. The molecule has 2 aromatic carbocycles. The molecular weight excluding hydrogens is 404 g/mol. The maximum atomic E-state index is 12.9. The zero-order chi connectivity index (χ0) is 22.9. The zero-order valence-electron chi connectivity index (χ0n) is 18.2. The largest absolute Gasteiger partial charge is 0.478 e. The van der Waals surface area contributed by atoms with Crippen LogP contribution >= 0.6 is 0 Å². The summed E-state index contributed by atoms with van der Waals surface area (Å²) >= 11 is 0. The molecule has 0 saturated heterocycles. The Hall–Kier alpha value is -3.54. The number of fused-ring (bicyclic) bond motifs is 3. The molecule has 2 heterocycles. The average Bonchev–Trinajstić information content (AvgIpc) is 2.78. The minimum absolute atomic E-state index is 0.102. The first-order chi connectivity index (χ1) is 15.2. The summed E-state index contributed by atoms with van der Waals surface area (Å²) in [4.78, 5) is 39.6. The van der Waals surface area contributed by atoms with E-state index in [4.69, 9.17) is 5.11 Å². The van der Waals surface area contributed by atoms with E-state index < -0.39 is 11.4 Å². The number of carbonyl (C=O) groups is 3. The van der Waals surface area contributed by atoms with E-state index >= 15 is 0 Å². The molecule has 1 aromatic heterocycles. The van der Waals surface area contributed by atoms with Crippen LogP contribution in [0.25, 0.3) is 10.8 Å². The fourth-order valence-corrected chi connectivity index (χ4v) is 4.61. The lowest BCUT2D eigenvalue weighted by atomic mass is 9.60. The van der Waals surface area contributed by atoms with Crippen molar-refractivity contribution in [3.05, 3.63) is 72.1 Å². The van der Waals surface area contributed by atoms with Crippen LogP contribution < -0.4 is 5.32 Å². The number of ketones is 2. The third-order valence-corrected chi connectivity index (χ3v) is 6.35. The molecule has 0 atom stereocenters. The molecule has 1 spiro atoms. The Kier molecular flexibility index (Phi) is 5.55. The van der Waals surface area contributed by atoms with E-state index in [9.17, 15) is 14.4 Å². The lowest BCUT2D eigenvalue weighted by molar-refractivity contribution is -0.147. The van der Waals surface area contributed by atoms with Gasteiger partial charge in [0.05, 0.1) is 5.56 Å². The van der Waals surface area contributed by atoms with Crippen molar-refractivity contribution in [3.63, 3.8) is 0 Å². The van der Waals surface area contributed by atoms with Gasteiger partial charge in [0.2, 0.25) is 0 Å². The topological polar surface area (TPSA) is 96.4 Å². The molecule has 0 bridgehead atoms. The lowest BCUT2D eigenvalue weighted by Gasteiger charge is -2.43. The van der Waals surface area contributed by atoms with Crippen LogP contribution in [0.4, 0.5) is 5.69 Å². The highest BCUT2D eigenvalue weighted by Gasteiger charge is 2.53. The number of anilines is 1. The maximum absolute atomic E-state index is 12.9. The van der Waals surface area contributed by atoms with Crippen LogP contribution in [0.5, 0.6) is 0 Å². The number of hydrogen-bond donors (Lipinski definition) is 2. The van der Waals surface area contributed by atoms with E-state index in [0.717, 1.165) is 22.0 Å². The van der Waals surface area contributed by atoms with Crippen molar-refractivity contribution in [2.24, 2.45) is 10.8 Å². The molecule has 3 aromatic rings. The number of carboxylic acid groups (broad SMARTS) is 1. The first-order valence-electron chi connectivity index (χ1n) is 10.7. The standard InChI is InChI=1S/C20H21NO2.C6H5NO2/c1-19(2)10-17(22)20(18(23)11-19)9-15-14-6-4-3-5-13(14)7-8-16(15)21-12-20;8-6(9)5-2-1-3-7-4-5/h3-8,21H,9-12H2,1-2H3;1-4H,(H,8,9). The second-order valence-corrected chi connectivity index (χ2v) is 9.34. The molecule has 164 valence electrons.